The first-order chi connectivity index (χ1) is 14.5. The third-order valence-corrected chi connectivity index (χ3v) is 5.97. The average Bonchev–Trinajstić information content (AvgIpc) is 3.30. The summed E-state index contributed by atoms with van der Waals surface area (Å²) >= 11 is 0. The lowest BCUT2D eigenvalue weighted by molar-refractivity contribution is -0.00522. The zero-order valence-electron chi connectivity index (χ0n) is 17.4. The second-order valence-electron chi connectivity index (χ2n) is 8.66. The van der Waals surface area contributed by atoms with Gasteiger partial charge in [0.05, 0.1) is 12.2 Å². The monoisotopic (exact) mass is 409 g/mol. The van der Waals surface area contributed by atoms with Crippen LogP contribution >= 0.6 is 0 Å². The fourth-order valence-electron chi connectivity index (χ4n) is 4.37. The highest BCUT2D eigenvalue weighted by atomic mass is 16.7. The number of pyridine rings is 1. The van der Waals surface area contributed by atoms with Crippen molar-refractivity contribution in [2.45, 2.75) is 50.9 Å². The second kappa shape index (κ2) is 7.47. The van der Waals surface area contributed by atoms with Crippen LogP contribution in [0.4, 0.5) is 5.69 Å². The van der Waals surface area contributed by atoms with Crippen LogP contribution in [0.3, 0.4) is 0 Å². The maximum Gasteiger partial charge on any atom is 0.270 e. The summed E-state index contributed by atoms with van der Waals surface area (Å²) in [4.78, 5) is 19.6. The van der Waals surface area contributed by atoms with E-state index in [0.29, 0.717) is 5.69 Å². The van der Waals surface area contributed by atoms with Crippen LogP contribution in [0.2, 0.25) is 0 Å². The van der Waals surface area contributed by atoms with Gasteiger partial charge in [-0.05, 0) is 62.9 Å². The summed E-state index contributed by atoms with van der Waals surface area (Å²) in [5.74, 6) is 1.43. The number of fused-ring (bicyclic) bond motifs is 1. The predicted octanol–water partition coefficient (Wildman–Crippen LogP) is 2.93. The van der Waals surface area contributed by atoms with Gasteiger partial charge in [-0.25, -0.2) is 0 Å². The first-order valence-electron chi connectivity index (χ1n) is 10.6. The summed E-state index contributed by atoms with van der Waals surface area (Å²) in [7, 11) is 0. The zero-order valence-corrected chi connectivity index (χ0v) is 17.4. The van der Waals surface area contributed by atoms with Crippen molar-refractivity contribution in [2.75, 3.05) is 24.8 Å². The molecule has 3 heterocycles. The fraction of sp³-hybridized carbons (Fsp3) is 0.478. The number of anilines is 1. The average molecular weight is 409 g/mol. The van der Waals surface area contributed by atoms with Gasteiger partial charge in [0.2, 0.25) is 6.79 Å². The van der Waals surface area contributed by atoms with E-state index in [-0.39, 0.29) is 30.4 Å². The van der Waals surface area contributed by atoms with Crippen LogP contribution in [0.5, 0.6) is 11.5 Å². The van der Waals surface area contributed by atoms with Gasteiger partial charge in [-0.15, -0.1) is 0 Å². The molecule has 158 valence electrons. The number of hydrogen-bond donors (Lipinski definition) is 1. The van der Waals surface area contributed by atoms with Crippen molar-refractivity contribution in [2.24, 2.45) is 0 Å². The lowest BCUT2D eigenvalue weighted by Gasteiger charge is -2.36. The van der Waals surface area contributed by atoms with Crippen molar-refractivity contribution < 1.29 is 19.0 Å². The van der Waals surface area contributed by atoms with Crippen LogP contribution in [-0.2, 0) is 11.2 Å². The van der Waals surface area contributed by atoms with Gasteiger partial charge in [-0.2, -0.15) is 0 Å². The molecule has 1 N–H and O–H groups in total. The molecular formula is C23H27N3O4. The van der Waals surface area contributed by atoms with E-state index >= 15 is 0 Å². The molecule has 2 aliphatic heterocycles. The van der Waals surface area contributed by atoms with E-state index < -0.39 is 0 Å². The van der Waals surface area contributed by atoms with Crippen LogP contribution < -0.4 is 19.7 Å². The molecule has 2 fully saturated rings. The lowest BCUT2D eigenvalue weighted by Crippen LogP contribution is -2.45. The maximum absolute atomic E-state index is 13.0. The Hall–Kier alpha value is -2.80. The Morgan fingerprint density at radius 2 is 1.90 bits per heavy atom. The molecule has 1 saturated heterocycles. The van der Waals surface area contributed by atoms with Crippen LogP contribution in [0, 0.1) is 0 Å². The topological polar surface area (TPSA) is 72.9 Å². The Morgan fingerprint density at radius 3 is 2.67 bits per heavy atom. The Morgan fingerprint density at radius 1 is 1.13 bits per heavy atom. The smallest absolute Gasteiger partial charge is 0.270 e. The fourth-order valence-corrected chi connectivity index (χ4v) is 4.37. The number of hydrogen-bond acceptors (Lipinski definition) is 6. The number of nitrogens with zero attached hydrogens (tertiary/aromatic N) is 2. The van der Waals surface area contributed by atoms with Crippen LogP contribution in [0.25, 0.3) is 0 Å². The van der Waals surface area contributed by atoms with Crippen molar-refractivity contribution in [3.05, 3.63) is 47.8 Å². The quantitative estimate of drug-likeness (QED) is 0.819. The summed E-state index contributed by atoms with van der Waals surface area (Å²) in [6, 6.07) is 9.83. The van der Waals surface area contributed by atoms with Gasteiger partial charge in [0, 0.05) is 30.5 Å². The van der Waals surface area contributed by atoms with Crippen LogP contribution in [-0.4, -0.2) is 48.5 Å². The summed E-state index contributed by atoms with van der Waals surface area (Å²) in [6.45, 7) is 6.03. The molecule has 0 bridgehead atoms. The highest BCUT2D eigenvalue weighted by molar-refractivity contribution is 5.94. The summed E-state index contributed by atoms with van der Waals surface area (Å²) in [5.41, 5.74) is 2.40. The zero-order chi connectivity index (χ0) is 20.7. The van der Waals surface area contributed by atoms with Gasteiger partial charge >= 0.3 is 0 Å². The normalized spacial score (nSPS) is 23.9. The second-order valence-corrected chi connectivity index (χ2v) is 8.66. The van der Waals surface area contributed by atoms with E-state index in [1.54, 1.807) is 6.20 Å². The number of benzene rings is 1. The van der Waals surface area contributed by atoms with Gasteiger partial charge in [0.1, 0.15) is 5.69 Å². The molecule has 0 spiro atoms. The Labute approximate surface area is 176 Å². The molecule has 0 unspecified atom stereocenters. The standard InChI is InChI=1S/C23H27N3O4/c1-15-12-26(13-16(2)30-15)18-5-8-24-19(10-18)22(27)25-23(6-7-23)11-17-3-4-20-21(9-17)29-14-28-20/h3-5,8-10,15-16H,6-7,11-14H2,1-2H3,(H,25,27)/t15-,16+. The number of carbonyl (C=O) groups excluding carboxylic acids is 1. The minimum absolute atomic E-state index is 0.121. The molecule has 30 heavy (non-hydrogen) atoms. The van der Waals surface area contributed by atoms with Crippen molar-refractivity contribution in [1.29, 1.82) is 0 Å². The molecule has 5 rings (SSSR count). The van der Waals surface area contributed by atoms with Gasteiger partial charge in [0.25, 0.3) is 5.91 Å². The van der Waals surface area contributed by atoms with E-state index in [1.807, 2.05) is 30.3 Å². The number of aromatic nitrogens is 1. The molecule has 3 aliphatic rings. The molecule has 0 radical (unpaired) electrons. The van der Waals surface area contributed by atoms with E-state index in [0.717, 1.165) is 55.1 Å². The van der Waals surface area contributed by atoms with Gasteiger partial charge in [-0.1, -0.05) is 6.07 Å². The van der Waals surface area contributed by atoms with E-state index in [9.17, 15) is 4.79 Å². The molecule has 1 aromatic heterocycles. The highest BCUT2D eigenvalue weighted by Gasteiger charge is 2.44. The number of amides is 1. The number of carbonyl (C=O) groups is 1. The van der Waals surface area contributed by atoms with Gasteiger partial charge in [0.15, 0.2) is 11.5 Å². The van der Waals surface area contributed by atoms with Gasteiger partial charge in [-0.3, -0.25) is 9.78 Å². The van der Waals surface area contributed by atoms with Crippen molar-refractivity contribution in [3.8, 4) is 11.5 Å². The maximum atomic E-state index is 13.0. The molecule has 7 nitrogen and oxygen atoms in total. The summed E-state index contributed by atoms with van der Waals surface area (Å²) in [5, 5.41) is 3.23. The minimum atomic E-state index is -0.204. The van der Waals surface area contributed by atoms with Crippen LogP contribution in [0.1, 0.15) is 42.7 Å². The van der Waals surface area contributed by atoms with E-state index in [4.69, 9.17) is 14.2 Å². The van der Waals surface area contributed by atoms with Crippen molar-refractivity contribution in [1.82, 2.24) is 10.3 Å². The third kappa shape index (κ3) is 3.94. The Balaban J connectivity index is 1.27. The lowest BCUT2D eigenvalue weighted by atomic mass is 10.0. The van der Waals surface area contributed by atoms with Crippen molar-refractivity contribution in [3.63, 3.8) is 0 Å². The molecule has 1 saturated carbocycles. The number of nitrogens with one attached hydrogen (secondary N) is 1. The molecule has 2 atom stereocenters. The van der Waals surface area contributed by atoms with E-state index in [2.05, 4.69) is 29.0 Å². The van der Waals surface area contributed by atoms with E-state index in [1.165, 1.54) is 0 Å². The summed E-state index contributed by atoms with van der Waals surface area (Å²) < 4.78 is 16.7. The SMILES string of the molecule is C[C@@H]1CN(c2ccnc(C(=O)NC3(Cc4ccc5c(c4)OCO5)CC3)c2)C[C@H](C)O1. The third-order valence-electron chi connectivity index (χ3n) is 5.97. The minimum Gasteiger partial charge on any atom is -0.454 e. The Kier molecular flexibility index (Phi) is 4.77. The molecule has 7 heteroatoms. The molecule has 1 aliphatic carbocycles. The number of morpholine rings is 1. The number of rotatable bonds is 5. The molecule has 2 aromatic rings. The first-order valence-corrected chi connectivity index (χ1v) is 10.6. The Bertz CT molecular complexity index is 949. The van der Waals surface area contributed by atoms with Crippen LogP contribution in [0.15, 0.2) is 36.5 Å². The highest BCUT2D eigenvalue weighted by Crippen LogP contribution is 2.41. The van der Waals surface area contributed by atoms with Gasteiger partial charge < -0.3 is 24.4 Å². The molecule has 1 amide bonds. The molecule has 1 aromatic carbocycles. The summed E-state index contributed by atoms with van der Waals surface area (Å²) in [6.07, 6.45) is 4.74. The molecular weight excluding hydrogens is 382 g/mol. The predicted molar refractivity (Wildman–Crippen MR) is 112 cm³/mol. The first kappa shape index (κ1) is 19.2. The largest absolute Gasteiger partial charge is 0.454 e. The van der Waals surface area contributed by atoms with Crippen molar-refractivity contribution >= 4 is 11.6 Å². The number of ether oxygens (including phenoxy) is 3.